The van der Waals surface area contributed by atoms with Crippen molar-refractivity contribution >= 4 is 21.4 Å². The summed E-state index contributed by atoms with van der Waals surface area (Å²) in [5.74, 6) is -1.53. The van der Waals surface area contributed by atoms with Gasteiger partial charge in [0.2, 0.25) is 10.0 Å². The van der Waals surface area contributed by atoms with Crippen LogP contribution in [0.25, 0.3) is 39.0 Å². The Bertz CT molecular complexity index is 1660. The standard InChI is InChI=1S/C23H18F2N6O2S/c1-30-12-16(10-26-30)14-3-6-22-19(11-27-31(22)13-14)15-7-21(18-5-4-17(24)9-20(18)25)28-23(8-15)29-34(2,32)33/h3-13H,1-2H3,(H,28,29). The van der Waals surface area contributed by atoms with Gasteiger partial charge in [0.25, 0.3) is 0 Å². The second-order valence-corrected chi connectivity index (χ2v) is 9.58. The maximum atomic E-state index is 14.5. The minimum absolute atomic E-state index is 0.00468. The van der Waals surface area contributed by atoms with Crippen LogP contribution >= 0.6 is 0 Å². The van der Waals surface area contributed by atoms with Crippen molar-refractivity contribution in [3.05, 3.63) is 78.9 Å². The first-order chi connectivity index (χ1) is 16.2. The number of nitrogens with one attached hydrogen (secondary N) is 1. The number of aryl methyl sites for hydroxylation is 1. The molecule has 34 heavy (non-hydrogen) atoms. The molecule has 0 saturated carbocycles. The molecule has 5 rings (SSSR count). The van der Waals surface area contributed by atoms with Gasteiger partial charge in [0.15, 0.2) is 0 Å². The van der Waals surface area contributed by atoms with Crippen LogP contribution in [-0.2, 0) is 17.1 Å². The average Bonchev–Trinajstić information content (AvgIpc) is 3.38. The Hall–Kier alpha value is -4.12. The van der Waals surface area contributed by atoms with Gasteiger partial charge in [-0.2, -0.15) is 10.2 Å². The highest BCUT2D eigenvalue weighted by Gasteiger charge is 2.16. The first kappa shape index (κ1) is 21.7. The van der Waals surface area contributed by atoms with E-state index in [4.69, 9.17) is 0 Å². The number of pyridine rings is 2. The number of hydrogen-bond acceptors (Lipinski definition) is 5. The average molecular weight is 481 g/mol. The molecular formula is C23H18F2N6O2S. The van der Waals surface area contributed by atoms with E-state index < -0.39 is 21.7 Å². The van der Waals surface area contributed by atoms with Crippen LogP contribution in [0.3, 0.4) is 0 Å². The molecule has 0 unspecified atom stereocenters. The minimum atomic E-state index is -3.65. The maximum absolute atomic E-state index is 14.5. The minimum Gasteiger partial charge on any atom is -0.275 e. The van der Waals surface area contributed by atoms with Crippen LogP contribution in [-0.4, -0.2) is 39.1 Å². The summed E-state index contributed by atoms with van der Waals surface area (Å²) in [4.78, 5) is 4.24. The molecule has 11 heteroatoms. The van der Waals surface area contributed by atoms with Gasteiger partial charge in [0, 0.05) is 47.8 Å². The van der Waals surface area contributed by atoms with Crippen LogP contribution in [0.4, 0.5) is 14.6 Å². The summed E-state index contributed by atoms with van der Waals surface area (Å²) in [5.41, 5.74) is 4.01. The summed E-state index contributed by atoms with van der Waals surface area (Å²) in [6.45, 7) is 0. The molecule has 1 aromatic carbocycles. The smallest absolute Gasteiger partial charge is 0.230 e. The molecule has 0 atom stereocenters. The lowest BCUT2D eigenvalue weighted by atomic mass is 10.0. The van der Waals surface area contributed by atoms with E-state index in [1.807, 2.05) is 31.6 Å². The molecular weight excluding hydrogens is 462 g/mol. The van der Waals surface area contributed by atoms with Gasteiger partial charge in [-0.3, -0.25) is 9.40 Å². The fourth-order valence-electron chi connectivity index (χ4n) is 3.71. The number of hydrogen-bond donors (Lipinski definition) is 1. The molecule has 8 nitrogen and oxygen atoms in total. The van der Waals surface area contributed by atoms with Gasteiger partial charge in [-0.05, 0) is 35.9 Å². The number of rotatable bonds is 5. The summed E-state index contributed by atoms with van der Waals surface area (Å²) in [7, 11) is -1.82. The van der Waals surface area contributed by atoms with Gasteiger partial charge in [-0.15, -0.1) is 0 Å². The normalized spacial score (nSPS) is 11.8. The van der Waals surface area contributed by atoms with Crippen molar-refractivity contribution in [3.8, 4) is 33.5 Å². The molecule has 0 saturated heterocycles. The molecule has 0 aliphatic carbocycles. The number of nitrogens with zero attached hydrogens (tertiary/aromatic N) is 5. The highest BCUT2D eigenvalue weighted by atomic mass is 32.2. The third-order valence-corrected chi connectivity index (χ3v) is 5.77. The summed E-state index contributed by atoms with van der Waals surface area (Å²) in [5, 5.41) is 8.62. The van der Waals surface area contributed by atoms with Crippen molar-refractivity contribution in [3.63, 3.8) is 0 Å². The first-order valence-electron chi connectivity index (χ1n) is 10.1. The maximum Gasteiger partial charge on any atom is 0.230 e. The third kappa shape index (κ3) is 4.25. The van der Waals surface area contributed by atoms with Crippen LogP contribution in [0.5, 0.6) is 0 Å². The summed E-state index contributed by atoms with van der Waals surface area (Å²) in [6.07, 6.45) is 8.12. The van der Waals surface area contributed by atoms with Crippen LogP contribution in [0.2, 0.25) is 0 Å². The van der Waals surface area contributed by atoms with E-state index in [-0.39, 0.29) is 17.1 Å². The lowest BCUT2D eigenvalue weighted by Gasteiger charge is -2.11. The molecule has 1 N–H and O–H groups in total. The van der Waals surface area contributed by atoms with E-state index >= 15 is 0 Å². The Kier molecular flexibility index (Phi) is 5.13. The van der Waals surface area contributed by atoms with Gasteiger partial charge in [-0.25, -0.2) is 26.7 Å². The van der Waals surface area contributed by atoms with Crippen molar-refractivity contribution in [2.75, 3.05) is 11.0 Å². The zero-order chi connectivity index (χ0) is 24.0. The Morgan fingerprint density at radius 1 is 0.882 bits per heavy atom. The van der Waals surface area contributed by atoms with Crippen molar-refractivity contribution in [1.29, 1.82) is 0 Å². The topological polar surface area (TPSA) is 94.2 Å². The van der Waals surface area contributed by atoms with E-state index in [0.29, 0.717) is 11.1 Å². The van der Waals surface area contributed by atoms with Crippen molar-refractivity contribution in [1.82, 2.24) is 24.4 Å². The highest BCUT2D eigenvalue weighted by Crippen LogP contribution is 2.32. The molecule has 0 aliphatic rings. The van der Waals surface area contributed by atoms with E-state index in [2.05, 4.69) is 19.9 Å². The predicted octanol–water partition coefficient (Wildman–Crippen LogP) is 4.11. The fourth-order valence-corrected chi connectivity index (χ4v) is 4.20. The van der Waals surface area contributed by atoms with Gasteiger partial charge >= 0.3 is 0 Å². The van der Waals surface area contributed by atoms with Crippen molar-refractivity contribution in [2.45, 2.75) is 0 Å². The molecule has 0 bridgehead atoms. The van der Waals surface area contributed by atoms with E-state index in [1.54, 1.807) is 27.7 Å². The second kappa shape index (κ2) is 8.03. The molecule has 0 spiro atoms. The predicted molar refractivity (Wildman–Crippen MR) is 124 cm³/mol. The Morgan fingerprint density at radius 2 is 1.71 bits per heavy atom. The van der Waals surface area contributed by atoms with Crippen LogP contribution < -0.4 is 4.72 Å². The Morgan fingerprint density at radius 3 is 2.41 bits per heavy atom. The van der Waals surface area contributed by atoms with Gasteiger partial charge < -0.3 is 0 Å². The number of sulfonamides is 1. The first-order valence-corrected chi connectivity index (χ1v) is 12.0. The monoisotopic (exact) mass is 480 g/mol. The van der Waals surface area contributed by atoms with Crippen LogP contribution in [0.1, 0.15) is 0 Å². The Labute approximate surface area is 193 Å². The van der Waals surface area contributed by atoms with Gasteiger partial charge in [-0.1, -0.05) is 6.07 Å². The van der Waals surface area contributed by atoms with E-state index in [9.17, 15) is 17.2 Å². The fraction of sp³-hybridized carbons (Fsp3) is 0.0870. The quantitative estimate of drug-likeness (QED) is 0.409. The number of fused-ring (bicyclic) bond motifs is 1. The number of halogens is 2. The molecule has 0 fully saturated rings. The van der Waals surface area contributed by atoms with Gasteiger partial charge in [0.1, 0.15) is 17.5 Å². The highest BCUT2D eigenvalue weighted by molar-refractivity contribution is 7.92. The number of aromatic nitrogens is 5. The largest absolute Gasteiger partial charge is 0.275 e. The van der Waals surface area contributed by atoms with E-state index in [0.717, 1.165) is 35.0 Å². The Balaban J connectivity index is 1.65. The summed E-state index contributed by atoms with van der Waals surface area (Å²) in [6, 6.07) is 10.1. The number of benzene rings is 1. The van der Waals surface area contributed by atoms with E-state index in [1.165, 1.54) is 12.1 Å². The molecule has 4 aromatic heterocycles. The molecule has 0 radical (unpaired) electrons. The lowest BCUT2D eigenvalue weighted by Crippen LogP contribution is -2.11. The third-order valence-electron chi connectivity index (χ3n) is 5.19. The van der Waals surface area contributed by atoms with Crippen molar-refractivity contribution in [2.24, 2.45) is 7.05 Å². The summed E-state index contributed by atoms with van der Waals surface area (Å²) < 4.78 is 57.4. The zero-order valence-electron chi connectivity index (χ0n) is 18.1. The SMILES string of the molecule is Cn1cc(-c2ccc3c(-c4cc(NS(C)(=O)=O)nc(-c5ccc(F)cc5F)c4)cnn3c2)cn1. The molecule has 172 valence electrons. The second-order valence-electron chi connectivity index (χ2n) is 7.83. The van der Waals surface area contributed by atoms with Crippen molar-refractivity contribution < 1.29 is 17.2 Å². The molecule has 4 heterocycles. The number of anilines is 1. The zero-order valence-corrected chi connectivity index (χ0v) is 18.9. The molecule has 5 aromatic rings. The lowest BCUT2D eigenvalue weighted by molar-refractivity contribution is 0.585. The summed E-state index contributed by atoms with van der Waals surface area (Å²) >= 11 is 0. The van der Waals surface area contributed by atoms with Crippen LogP contribution in [0.15, 0.2) is 67.3 Å². The van der Waals surface area contributed by atoms with Gasteiger partial charge in [0.05, 0.1) is 29.9 Å². The molecule has 0 aliphatic heterocycles. The van der Waals surface area contributed by atoms with Crippen LogP contribution in [0, 0.1) is 11.6 Å². The molecule has 0 amide bonds.